The molecule has 7 nitrogen and oxygen atoms in total. The van der Waals surface area contributed by atoms with Gasteiger partial charge in [0.15, 0.2) is 0 Å². The Hall–Kier alpha value is -1.64. The highest BCUT2D eigenvalue weighted by Crippen LogP contribution is 2.24. The number of nitrogens with two attached hydrogens (primary N) is 2. The SMILES string of the molecule is CCN1CCN(S(=O)(=O)c2ccc(C(N)=O)cc2N)CC1. The number of nitrogen functional groups attached to an aromatic ring is 1. The minimum Gasteiger partial charge on any atom is -0.398 e. The summed E-state index contributed by atoms with van der Waals surface area (Å²) in [4.78, 5) is 13.3. The van der Waals surface area contributed by atoms with Crippen molar-refractivity contribution in [1.82, 2.24) is 9.21 Å². The fraction of sp³-hybridized carbons (Fsp3) is 0.462. The minimum absolute atomic E-state index is 0.0254. The summed E-state index contributed by atoms with van der Waals surface area (Å²) in [5, 5.41) is 0. The lowest BCUT2D eigenvalue weighted by Crippen LogP contribution is -2.48. The molecular weight excluding hydrogens is 292 g/mol. The van der Waals surface area contributed by atoms with Gasteiger partial charge in [-0.1, -0.05) is 6.92 Å². The highest BCUT2D eigenvalue weighted by molar-refractivity contribution is 7.89. The molecule has 1 aromatic carbocycles. The molecular formula is C13H20N4O3S. The van der Waals surface area contributed by atoms with E-state index in [2.05, 4.69) is 4.90 Å². The van der Waals surface area contributed by atoms with E-state index in [-0.39, 0.29) is 16.1 Å². The number of benzene rings is 1. The third-order valence-electron chi connectivity index (χ3n) is 3.69. The Morgan fingerprint density at radius 2 is 1.86 bits per heavy atom. The lowest BCUT2D eigenvalue weighted by Gasteiger charge is -2.33. The Balaban J connectivity index is 2.26. The van der Waals surface area contributed by atoms with E-state index in [1.54, 1.807) is 0 Å². The van der Waals surface area contributed by atoms with Crippen molar-refractivity contribution in [2.75, 3.05) is 38.5 Å². The number of carbonyl (C=O) groups excluding carboxylic acids is 1. The molecule has 1 aliphatic rings. The molecule has 0 spiro atoms. The van der Waals surface area contributed by atoms with Crippen LogP contribution in [0.2, 0.25) is 0 Å². The Labute approximate surface area is 124 Å². The second-order valence-electron chi connectivity index (χ2n) is 4.96. The number of amides is 1. The van der Waals surface area contributed by atoms with Crippen LogP contribution in [0.4, 0.5) is 5.69 Å². The third kappa shape index (κ3) is 3.17. The molecule has 21 heavy (non-hydrogen) atoms. The number of sulfonamides is 1. The molecule has 0 radical (unpaired) electrons. The average Bonchev–Trinajstić information content (AvgIpc) is 2.46. The molecule has 0 aliphatic carbocycles. The monoisotopic (exact) mass is 312 g/mol. The van der Waals surface area contributed by atoms with Gasteiger partial charge in [-0.05, 0) is 24.7 Å². The maximum atomic E-state index is 12.6. The molecule has 8 heteroatoms. The number of nitrogens with zero attached hydrogens (tertiary/aromatic N) is 2. The summed E-state index contributed by atoms with van der Waals surface area (Å²) in [5.41, 5.74) is 11.2. The molecule has 2 rings (SSSR count). The van der Waals surface area contributed by atoms with Gasteiger partial charge in [-0.3, -0.25) is 4.79 Å². The predicted molar refractivity (Wildman–Crippen MR) is 80.2 cm³/mol. The molecule has 0 unspecified atom stereocenters. The number of hydrogen-bond acceptors (Lipinski definition) is 5. The zero-order valence-corrected chi connectivity index (χ0v) is 12.8. The van der Waals surface area contributed by atoms with Gasteiger partial charge in [0.25, 0.3) is 0 Å². The van der Waals surface area contributed by atoms with Crippen molar-refractivity contribution >= 4 is 21.6 Å². The van der Waals surface area contributed by atoms with Gasteiger partial charge in [-0.25, -0.2) is 8.42 Å². The molecule has 0 bridgehead atoms. The smallest absolute Gasteiger partial charge is 0.248 e. The van der Waals surface area contributed by atoms with E-state index in [0.29, 0.717) is 26.2 Å². The fourth-order valence-electron chi connectivity index (χ4n) is 2.36. The van der Waals surface area contributed by atoms with Crippen molar-refractivity contribution in [3.8, 4) is 0 Å². The topological polar surface area (TPSA) is 110 Å². The fourth-order valence-corrected chi connectivity index (χ4v) is 3.88. The Bertz CT molecular complexity index is 637. The summed E-state index contributed by atoms with van der Waals surface area (Å²) in [6.45, 7) is 5.23. The Kier molecular flexibility index (Phi) is 4.50. The molecule has 0 saturated carbocycles. The van der Waals surface area contributed by atoms with Crippen molar-refractivity contribution in [1.29, 1.82) is 0 Å². The van der Waals surface area contributed by atoms with Crippen molar-refractivity contribution in [2.24, 2.45) is 5.73 Å². The molecule has 4 N–H and O–H groups in total. The van der Waals surface area contributed by atoms with E-state index in [9.17, 15) is 13.2 Å². The number of hydrogen-bond donors (Lipinski definition) is 2. The van der Waals surface area contributed by atoms with Crippen molar-refractivity contribution in [3.63, 3.8) is 0 Å². The van der Waals surface area contributed by atoms with Crippen LogP contribution in [0.1, 0.15) is 17.3 Å². The van der Waals surface area contributed by atoms with Gasteiger partial charge < -0.3 is 16.4 Å². The van der Waals surface area contributed by atoms with Crippen LogP contribution in [-0.2, 0) is 10.0 Å². The van der Waals surface area contributed by atoms with Crippen LogP contribution >= 0.6 is 0 Å². The van der Waals surface area contributed by atoms with E-state index in [4.69, 9.17) is 11.5 Å². The molecule has 0 atom stereocenters. The number of likely N-dealkylation sites (N-methyl/N-ethyl adjacent to an activating group) is 1. The summed E-state index contributed by atoms with van der Waals surface area (Å²) in [6.07, 6.45) is 0. The first-order chi connectivity index (χ1) is 9.86. The van der Waals surface area contributed by atoms with Gasteiger partial charge in [0.1, 0.15) is 4.90 Å². The third-order valence-corrected chi connectivity index (χ3v) is 5.66. The Morgan fingerprint density at radius 1 is 1.24 bits per heavy atom. The lowest BCUT2D eigenvalue weighted by atomic mass is 10.2. The van der Waals surface area contributed by atoms with Crippen LogP contribution in [0.15, 0.2) is 23.1 Å². The second kappa shape index (κ2) is 6.00. The lowest BCUT2D eigenvalue weighted by molar-refractivity contribution is 0.1000. The second-order valence-corrected chi connectivity index (χ2v) is 6.86. The van der Waals surface area contributed by atoms with Crippen molar-refractivity contribution < 1.29 is 13.2 Å². The van der Waals surface area contributed by atoms with E-state index in [0.717, 1.165) is 6.54 Å². The van der Waals surface area contributed by atoms with Crippen LogP contribution < -0.4 is 11.5 Å². The summed E-state index contributed by atoms with van der Waals surface area (Å²) < 4.78 is 26.6. The highest BCUT2D eigenvalue weighted by atomic mass is 32.2. The van der Waals surface area contributed by atoms with Crippen LogP contribution in [0.5, 0.6) is 0 Å². The van der Waals surface area contributed by atoms with Crippen LogP contribution in [0.25, 0.3) is 0 Å². The number of carbonyl (C=O) groups is 1. The quantitative estimate of drug-likeness (QED) is 0.741. The van der Waals surface area contributed by atoms with Gasteiger partial charge in [-0.15, -0.1) is 0 Å². The average molecular weight is 312 g/mol. The highest BCUT2D eigenvalue weighted by Gasteiger charge is 2.29. The molecule has 0 aromatic heterocycles. The number of anilines is 1. The maximum absolute atomic E-state index is 12.6. The van der Waals surface area contributed by atoms with Crippen LogP contribution in [0, 0.1) is 0 Å². The molecule has 1 fully saturated rings. The molecule has 1 amide bonds. The number of primary amides is 1. The molecule has 116 valence electrons. The van der Waals surface area contributed by atoms with E-state index >= 15 is 0 Å². The summed E-state index contributed by atoms with van der Waals surface area (Å²) in [5.74, 6) is -0.637. The van der Waals surface area contributed by atoms with Crippen molar-refractivity contribution in [3.05, 3.63) is 23.8 Å². The zero-order valence-electron chi connectivity index (χ0n) is 11.9. The Morgan fingerprint density at radius 3 is 2.33 bits per heavy atom. The van der Waals surface area contributed by atoms with Gasteiger partial charge in [-0.2, -0.15) is 4.31 Å². The summed E-state index contributed by atoms with van der Waals surface area (Å²) in [6, 6.07) is 4.03. The number of piperazine rings is 1. The van der Waals surface area contributed by atoms with Gasteiger partial charge in [0.05, 0.1) is 5.69 Å². The summed E-state index contributed by atoms with van der Waals surface area (Å²) in [7, 11) is -3.64. The number of rotatable bonds is 4. The first kappa shape index (κ1) is 15.7. The standard InChI is InChI=1S/C13H20N4O3S/c1-2-16-5-7-17(8-6-16)21(19,20)12-4-3-10(13(15)18)9-11(12)14/h3-4,9H,2,5-8,14H2,1H3,(H2,15,18). The summed E-state index contributed by atoms with van der Waals surface area (Å²) >= 11 is 0. The van der Waals surface area contributed by atoms with Crippen molar-refractivity contribution in [2.45, 2.75) is 11.8 Å². The largest absolute Gasteiger partial charge is 0.398 e. The molecule has 1 aliphatic heterocycles. The van der Waals surface area contributed by atoms with E-state index in [1.807, 2.05) is 6.92 Å². The van der Waals surface area contributed by atoms with Gasteiger partial charge in [0, 0.05) is 31.7 Å². The first-order valence-electron chi connectivity index (χ1n) is 6.78. The molecule has 1 aromatic rings. The minimum atomic E-state index is -3.64. The van der Waals surface area contributed by atoms with Crippen LogP contribution in [0.3, 0.4) is 0 Å². The van der Waals surface area contributed by atoms with E-state index < -0.39 is 15.9 Å². The van der Waals surface area contributed by atoms with Gasteiger partial charge in [0.2, 0.25) is 15.9 Å². The molecule has 1 saturated heterocycles. The molecule has 1 heterocycles. The normalized spacial score (nSPS) is 17.8. The van der Waals surface area contributed by atoms with Gasteiger partial charge >= 0.3 is 0 Å². The predicted octanol–water partition coefficient (Wildman–Crippen LogP) is -0.306. The van der Waals surface area contributed by atoms with Crippen LogP contribution in [-0.4, -0.2) is 56.3 Å². The van der Waals surface area contributed by atoms with E-state index in [1.165, 1.54) is 22.5 Å². The maximum Gasteiger partial charge on any atom is 0.248 e. The zero-order chi connectivity index (χ0) is 15.6. The first-order valence-corrected chi connectivity index (χ1v) is 8.22.